The van der Waals surface area contributed by atoms with E-state index in [0.717, 1.165) is 41.7 Å². The first-order valence-electron chi connectivity index (χ1n) is 13.3. The smallest absolute Gasteiger partial charge is 0.295 e. The van der Waals surface area contributed by atoms with Gasteiger partial charge in [-0.05, 0) is 77.1 Å². The molecule has 1 aliphatic heterocycles. The van der Waals surface area contributed by atoms with Crippen LogP contribution in [-0.2, 0) is 34.4 Å². The number of aliphatic hydroxyl groups excluding tert-OH is 1. The highest BCUT2D eigenvalue weighted by Gasteiger charge is 2.46. The zero-order chi connectivity index (χ0) is 27.0. The van der Waals surface area contributed by atoms with Crippen molar-refractivity contribution in [2.45, 2.75) is 64.5 Å². The molecular formula is C33H35NO4. The van der Waals surface area contributed by atoms with E-state index in [-0.39, 0.29) is 23.3 Å². The van der Waals surface area contributed by atoms with Gasteiger partial charge in [-0.1, -0.05) is 69.3 Å². The van der Waals surface area contributed by atoms with E-state index in [4.69, 9.17) is 4.74 Å². The average Bonchev–Trinajstić information content (AvgIpc) is 3.17. The maximum absolute atomic E-state index is 13.5. The van der Waals surface area contributed by atoms with Crippen LogP contribution in [0.15, 0.2) is 72.3 Å². The minimum atomic E-state index is -0.692. The van der Waals surface area contributed by atoms with Gasteiger partial charge in [0.1, 0.15) is 11.5 Å². The second-order valence-corrected chi connectivity index (χ2v) is 11.3. The summed E-state index contributed by atoms with van der Waals surface area (Å²) in [5, 5.41) is 11.5. The molecule has 1 N–H and O–H groups in total. The monoisotopic (exact) mass is 509 g/mol. The number of carbonyl (C=O) groups excluding carboxylic acids is 2. The van der Waals surface area contributed by atoms with E-state index < -0.39 is 17.7 Å². The topological polar surface area (TPSA) is 66.8 Å². The molecule has 1 saturated heterocycles. The van der Waals surface area contributed by atoms with Crippen molar-refractivity contribution in [1.82, 2.24) is 4.90 Å². The number of hydrogen-bond donors (Lipinski definition) is 1. The van der Waals surface area contributed by atoms with Crippen molar-refractivity contribution in [3.8, 4) is 5.75 Å². The van der Waals surface area contributed by atoms with E-state index in [1.165, 1.54) is 17.5 Å². The van der Waals surface area contributed by atoms with Crippen LogP contribution in [0.5, 0.6) is 5.75 Å². The van der Waals surface area contributed by atoms with Crippen LogP contribution in [0.1, 0.15) is 73.0 Å². The number of methoxy groups -OCH3 is 1. The summed E-state index contributed by atoms with van der Waals surface area (Å²) >= 11 is 0. The number of rotatable bonds is 5. The van der Waals surface area contributed by atoms with Crippen molar-refractivity contribution in [1.29, 1.82) is 0 Å². The maximum atomic E-state index is 13.5. The second-order valence-electron chi connectivity index (χ2n) is 11.3. The number of ketones is 1. The Bertz CT molecular complexity index is 1390. The summed E-state index contributed by atoms with van der Waals surface area (Å²) in [6, 6.07) is 20.7. The van der Waals surface area contributed by atoms with Crippen molar-refractivity contribution in [2.75, 3.05) is 7.11 Å². The number of hydrogen-bond acceptors (Lipinski definition) is 4. The molecule has 3 aromatic carbocycles. The lowest BCUT2D eigenvalue weighted by molar-refractivity contribution is -0.140. The third-order valence-corrected chi connectivity index (χ3v) is 7.77. The summed E-state index contributed by atoms with van der Waals surface area (Å²) in [7, 11) is 1.61. The Labute approximate surface area is 224 Å². The molecule has 0 radical (unpaired) electrons. The van der Waals surface area contributed by atoms with Crippen LogP contribution in [-0.4, -0.2) is 28.8 Å². The highest BCUT2D eigenvalue weighted by atomic mass is 16.5. The fourth-order valence-electron chi connectivity index (χ4n) is 5.52. The molecule has 1 unspecified atom stereocenters. The summed E-state index contributed by atoms with van der Waals surface area (Å²) in [5.74, 6) is -0.653. The first-order chi connectivity index (χ1) is 18.2. The Hall–Kier alpha value is -3.86. The largest absolute Gasteiger partial charge is 0.507 e. The second kappa shape index (κ2) is 10.1. The summed E-state index contributed by atoms with van der Waals surface area (Å²) < 4.78 is 5.27. The van der Waals surface area contributed by atoms with Crippen LogP contribution in [0.25, 0.3) is 5.76 Å². The van der Waals surface area contributed by atoms with Gasteiger partial charge in [0.2, 0.25) is 0 Å². The van der Waals surface area contributed by atoms with E-state index >= 15 is 0 Å². The summed E-state index contributed by atoms with van der Waals surface area (Å²) in [5.41, 5.74) is 6.02. The molecule has 1 amide bonds. The molecule has 3 aromatic rings. The van der Waals surface area contributed by atoms with Crippen LogP contribution in [0.2, 0.25) is 0 Å². The number of ether oxygens (including phenoxy) is 1. The summed E-state index contributed by atoms with van der Waals surface area (Å²) in [6.45, 7) is 6.68. The van der Waals surface area contributed by atoms with E-state index in [2.05, 4.69) is 20.8 Å². The number of nitrogens with zero attached hydrogens (tertiary/aromatic N) is 1. The molecule has 0 spiro atoms. The van der Waals surface area contributed by atoms with Gasteiger partial charge in [0.05, 0.1) is 18.7 Å². The Morgan fingerprint density at radius 2 is 1.58 bits per heavy atom. The first-order valence-corrected chi connectivity index (χ1v) is 13.3. The Morgan fingerprint density at radius 3 is 2.21 bits per heavy atom. The van der Waals surface area contributed by atoms with Crippen molar-refractivity contribution >= 4 is 17.4 Å². The highest BCUT2D eigenvalue weighted by Crippen LogP contribution is 2.41. The number of fused-ring (bicyclic) bond motifs is 1. The maximum Gasteiger partial charge on any atom is 0.295 e. The number of amides is 1. The molecule has 1 heterocycles. The summed E-state index contributed by atoms with van der Waals surface area (Å²) in [6.07, 6.45) is 4.27. The zero-order valence-corrected chi connectivity index (χ0v) is 22.6. The highest BCUT2D eigenvalue weighted by molar-refractivity contribution is 6.46. The Kier molecular flexibility index (Phi) is 6.87. The molecule has 5 nitrogen and oxygen atoms in total. The molecule has 5 rings (SSSR count). The van der Waals surface area contributed by atoms with Gasteiger partial charge in [0, 0.05) is 12.1 Å². The van der Waals surface area contributed by atoms with E-state index in [0.29, 0.717) is 5.56 Å². The zero-order valence-electron chi connectivity index (χ0n) is 22.6. The molecule has 0 aromatic heterocycles. The van der Waals surface area contributed by atoms with E-state index in [1.54, 1.807) is 12.0 Å². The predicted octanol–water partition coefficient (Wildman–Crippen LogP) is 6.49. The first kappa shape index (κ1) is 25.8. The fraction of sp³-hybridized carbons (Fsp3) is 0.333. The Morgan fingerprint density at radius 1 is 0.921 bits per heavy atom. The molecule has 5 heteroatoms. The molecule has 0 saturated carbocycles. The van der Waals surface area contributed by atoms with Gasteiger partial charge < -0.3 is 14.7 Å². The normalized spacial score (nSPS) is 18.9. The lowest BCUT2D eigenvalue weighted by Gasteiger charge is -2.27. The van der Waals surface area contributed by atoms with Crippen molar-refractivity contribution < 1.29 is 19.4 Å². The van der Waals surface area contributed by atoms with Gasteiger partial charge in [-0.15, -0.1) is 0 Å². The quantitative estimate of drug-likeness (QED) is 0.242. The van der Waals surface area contributed by atoms with Gasteiger partial charge in [0.15, 0.2) is 0 Å². The van der Waals surface area contributed by atoms with E-state index in [1.807, 2.05) is 66.7 Å². The van der Waals surface area contributed by atoms with Crippen LogP contribution < -0.4 is 4.74 Å². The SMILES string of the molecule is COc1ccc(CN2C(=O)C(=O)/C(=C(\O)c3ccc4c(c3)CCCC4)C2c2ccc(C(C)(C)C)cc2)cc1. The molecule has 2 aliphatic rings. The minimum absolute atomic E-state index is 0.0352. The standard InChI is InChI=1S/C33H35NO4/c1-33(2,3)26-15-13-23(14-16-26)29-28(30(35)25-12-11-22-7-5-6-8-24(22)19-25)31(36)32(37)34(29)20-21-9-17-27(38-4)18-10-21/h9-19,29,35H,5-8,20H2,1-4H3/b30-28-. The van der Waals surface area contributed by atoms with Crippen molar-refractivity contribution in [3.05, 3.63) is 106 Å². The molecule has 1 atom stereocenters. The van der Waals surface area contributed by atoms with Crippen molar-refractivity contribution in [3.63, 3.8) is 0 Å². The lowest BCUT2D eigenvalue weighted by Crippen LogP contribution is -2.29. The van der Waals surface area contributed by atoms with E-state index in [9.17, 15) is 14.7 Å². The minimum Gasteiger partial charge on any atom is -0.507 e. The third kappa shape index (κ3) is 4.85. The van der Waals surface area contributed by atoms with Crippen LogP contribution in [0, 0.1) is 0 Å². The molecule has 1 fully saturated rings. The third-order valence-electron chi connectivity index (χ3n) is 7.77. The number of aliphatic hydroxyl groups is 1. The van der Waals surface area contributed by atoms with Gasteiger partial charge >= 0.3 is 0 Å². The number of carbonyl (C=O) groups is 2. The molecular weight excluding hydrogens is 474 g/mol. The van der Waals surface area contributed by atoms with Gasteiger partial charge in [-0.3, -0.25) is 9.59 Å². The van der Waals surface area contributed by atoms with Gasteiger partial charge in [-0.2, -0.15) is 0 Å². The van der Waals surface area contributed by atoms with Crippen LogP contribution in [0.3, 0.4) is 0 Å². The molecule has 0 bridgehead atoms. The number of Topliss-reactive ketones (excluding diaryl/α,β-unsaturated/α-hetero) is 1. The molecule has 38 heavy (non-hydrogen) atoms. The Balaban J connectivity index is 1.61. The van der Waals surface area contributed by atoms with Gasteiger partial charge in [0.25, 0.3) is 11.7 Å². The molecule has 1 aliphatic carbocycles. The lowest BCUT2D eigenvalue weighted by atomic mass is 9.85. The fourth-order valence-corrected chi connectivity index (χ4v) is 5.52. The summed E-state index contributed by atoms with van der Waals surface area (Å²) in [4.78, 5) is 28.5. The van der Waals surface area contributed by atoms with Crippen LogP contribution >= 0.6 is 0 Å². The number of likely N-dealkylation sites (tertiary alicyclic amines) is 1. The average molecular weight is 510 g/mol. The van der Waals surface area contributed by atoms with Gasteiger partial charge in [-0.25, -0.2) is 0 Å². The number of aryl methyl sites for hydroxylation is 2. The van der Waals surface area contributed by atoms with Crippen LogP contribution in [0.4, 0.5) is 0 Å². The predicted molar refractivity (Wildman–Crippen MR) is 149 cm³/mol. The van der Waals surface area contributed by atoms with Crippen molar-refractivity contribution in [2.24, 2.45) is 0 Å². The number of benzene rings is 3. The molecule has 196 valence electrons.